The highest BCUT2D eigenvalue weighted by molar-refractivity contribution is 6.25. The van der Waals surface area contributed by atoms with Crippen molar-refractivity contribution in [2.45, 2.75) is 46.5 Å². The van der Waals surface area contributed by atoms with Crippen LogP contribution in [0.5, 0.6) is 0 Å². The molecule has 0 bridgehead atoms. The second-order valence-corrected chi connectivity index (χ2v) is 3.16. The third-order valence-corrected chi connectivity index (χ3v) is 1.60. The Balaban J connectivity index is -0.000000125. The van der Waals surface area contributed by atoms with Crippen molar-refractivity contribution in [2.24, 2.45) is 0 Å². The molecule has 0 aromatic rings. The van der Waals surface area contributed by atoms with Crippen molar-refractivity contribution in [2.75, 3.05) is 18.4 Å². The highest BCUT2D eigenvalue weighted by atomic mass is 35.5. The van der Waals surface area contributed by atoms with Gasteiger partial charge in [0, 0.05) is 18.4 Å². The lowest BCUT2D eigenvalue weighted by Gasteiger charge is -1.86. The molecule has 0 aliphatic carbocycles. The fourth-order valence-corrected chi connectivity index (χ4v) is 0.500. The largest absolute Gasteiger partial charge is 0.397 e. The van der Waals surface area contributed by atoms with Crippen molar-refractivity contribution in [3.63, 3.8) is 0 Å². The standard InChI is InChI=1S/C6H14.C2H4Cl2.C2H6O/c1-3-5-6-4-2;3-1-2-4;1-2-3/h3-6H2,1-2H3;1-2H2;3H,2H2,1H3. The average molecular weight is 231 g/mol. The van der Waals surface area contributed by atoms with Crippen LogP contribution >= 0.6 is 23.2 Å². The number of alkyl halides is 2. The van der Waals surface area contributed by atoms with Crippen molar-refractivity contribution in [1.82, 2.24) is 0 Å². The molecular formula is C10H24Cl2O. The summed E-state index contributed by atoms with van der Waals surface area (Å²) in [7, 11) is 0. The Labute approximate surface area is 93.4 Å². The lowest BCUT2D eigenvalue weighted by Crippen LogP contribution is -1.66. The number of aliphatic hydroxyl groups is 1. The summed E-state index contributed by atoms with van der Waals surface area (Å²) in [6.45, 7) is 6.39. The maximum atomic E-state index is 7.57. The van der Waals surface area contributed by atoms with Crippen LogP contribution in [0, 0.1) is 0 Å². The zero-order valence-corrected chi connectivity index (χ0v) is 10.7. The van der Waals surface area contributed by atoms with Gasteiger partial charge in [-0.25, -0.2) is 0 Å². The van der Waals surface area contributed by atoms with Gasteiger partial charge in [0.25, 0.3) is 0 Å². The quantitative estimate of drug-likeness (QED) is 0.571. The Morgan fingerprint density at radius 1 is 0.846 bits per heavy atom. The molecule has 0 atom stereocenters. The van der Waals surface area contributed by atoms with Crippen LogP contribution in [-0.2, 0) is 0 Å². The van der Waals surface area contributed by atoms with E-state index in [2.05, 4.69) is 13.8 Å². The van der Waals surface area contributed by atoms with E-state index in [9.17, 15) is 0 Å². The minimum absolute atomic E-state index is 0.250. The minimum atomic E-state index is 0.250. The molecule has 0 unspecified atom stereocenters. The van der Waals surface area contributed by atoms with Gasteiger partial charge in [0.1, 0.15) is 0 Å². The molecule has 0 fully saturated rings. The van der Waals surface area contributed by atoms with Crippen molar-refractivity contribution in [1.29, 1.82) is 0 Å². The van der Waals surface area contributed by atoms with E-state index in [0.29, 0.717) is 11.8 Å². The molecule has 0 amide bonds. The lowest BCUT2D eigenvalue weighted by atomic mass is 10.2. The normalized spacial score (nSPS) is 7.85. The molecule has 0 aliphatic rings. The third-order valence-electron chi connectivity index (χ3n) is 1.03. The number of rotatable bonds is 4. The topological polar surface area (TPSA) is 20.2 Å². The third kappa shape index (κ3) is 67.6. The van der Waals surface area contributed by atoms with Gasteiger partial charge >= 0.3 is 0 Å². The highest BCUT2D eigenvalue weighted by Gasteiger charge is 1.75. The van der Waals surface area contributed by atoms with Crippen LogP contribution in [0.1, 0.15) is 46.5 Å². The van der Waals surface area contributed by atoms with E-state index in [4.69, 9.17) is 28.3 Å². The number of unbranched alkanes of at least 4 members (excludes halogenated alkanes) is 3. The second-order valence-electron chi connectivity index (χ2n) is 2.40. The molecule has 0 rings (SSSR count). The number of halogens is 2. The molecule has 3 heteroatoms. The summed E-state index contributed by atoms with van der Waals surface area (Å²) in [5, 5.41) is 7.57. The van der Waals surface area contributed by atoms with Crippen LogP contribution in [-0.4, -0.2) is 23.5 Å². The van der Waals surface area contributed by atoms with E-state index in [1.807, 2.05) is 0 Å². The van der Waals surface area contributed by atoms with E-state index in [0.717, 1.165) is 0 Å². The molecule has 13 heavy (non-hydrogen) atoms. The number of aliphatic hydroxyl groups excluding tert-OH is 1. The van der Waals surface area contributed by atoms with Gasteiger partial charge in [-0.2, -0.15) is 0 Å². The van der Waals surface area contributed by atoms with E-state index in [-0.39, 0.29) is 6.61 Å². The first kappa shape index (κ1) is 19.2. The molecule has 0 saturated heterocycles. The van der Waals surface area contributed by atoms with Crippen molar-refractivity contribution >= 4 is 23.2 Å². The molecule has 0 radical (unpaired) electrons. The number of hydrogen-bond donors (Lipinski definition) is 1. The monoisotopic (exact) mass is 230 g/mol. The summed E-state index contributed by atoms with van der Waals surface area (Å²) in [5.74, 6) is 1.11. The zero-order valence-electron chi connectivity index (χ0n) is 9.15. The van der Waals surface area contributed by atoms with Gasteiger partial charge in [0.2, 0.25) is 0 Å². The van der Waals surface area contributed by atoms with Crippen LogP contribution in [0.15, 0.2) is 0 Å². The van der Waals surface area contributed by atoms with Gasteiger partial charge < -0.3 is 5.11 Å². The molecule has 1 nitrogen and oxygen atoms in total. The predicted octanol–water partition coefficient (Wildman–Crippen LogP) is 4.05. The van der Waals surface area contributed by atoms with Crippen LogP contribution in [0.2, 0.25) is 0 Å². The predicted molar refractivity (Wildman–Crippen MR) is 64.0 cm³/mol. The first-order valence-corrected chi connectivity index (χ1v) is 6.04. The van der Waals surface area contributed by atoms with Gasteiger partial charge in [-0.15, -0.1) is 23.2 Å². The SMILES string of the molecule is CCCCCC.CCO.ClCCCl. The van der Waals surface area contributed by atoms with Crippen LogP contribution in [0.4, 0.5) is 0 Å². The van der Waals surface area contributed by atoms with Crippen LogP contribution in [0.25, 0.3) is 0 Å². The van der Waals surface area contributed by atoms with E-state index in [1.54, 1.807) is 6.92 Å². The summed E-state index contributed by atoms with van der Waals surface area (Å²) < 4.78 is 0. The van der Waals surface area contributed by atoms with Crippen LogP contribution in [0.3, 0.4) is 0 Å². The molecule has 0 saturated carbocycles. The number of hydrogen-bond acceptors (Lipinski definition) is 1. The van der Waals surface area contributed by atoms with E-state index >= 15 is 0 Å². The molecule has 0 heterocycles. The smallest absolute Gasteiger partial charge is 0.0402 e. The summed E-state index contributed by atoms with van der Waals surface area (Å²) in [6.07, 6.45) is 5.54. The maximum absolute atomic E-state index is 7.57. The summed E-state index contributed by atoms with van der Waals surface area (Å²) >= 11 is 10.1. The Bertz CT molecular complexity index is 46.2. The first-order chi connectivity index (χ1) is 6.24. The van der Waals surface area contributed by atoms with Crippen molar-refractivity contribution in [3.8, 4) is 0 Å². The lowest BCUT2D eigenvalue weighted by molar-refractivity contribution is 0.318. The van der Waals surface area contributed by atoms with E-state index < -0.39 is 0 Å². The van der Waals surface area contributed by atoms with Crippen molar-refractivity contribution in [3.05, 3.63) is 0 Å². The highest BCUT2D eigenvalue weighted by Crippen LogP contribution is 1.95. The molecule has 84 valence electrons. The molecule has 0 aliphatic heterocycles. The molecule has 0 aromatic heterocycles. The van der Waals surface area contributed by atoms with E-state index in [1.165, 1.54) is 25.7 Å². The van der Waals surface area contributed by atoms with Gasteiger partial charge in [-0.05, 0) is 6.92 Å². The Kier molecular flexibility index (Phi) is 43.3. The molecule has 0 spiro atoms. The Morgan fingerprint density at radius 2 is 1.08 bits per heavy atom. The Morgan fingerprint density at radius 3 is 1.15 bits per heavy atom. The van der Waals surface area contributed by atoms with Gasteiger partial charge in [-0.1, -0.05) is 39.5 Å². The average Bonchev–Trinajstić information content (AvgIpc) is 2.16. The molecule has 1 N–H and O–H groups in total. The first-order valence-electron chi connectivity index (χ1n) is 4.97. The zero-order chi connectivity index (χ0) is 10.9. The summed E-state index contributed by atoms with van der Waals surface area (Å²) in [4.78, 5) is 0. The maximum Gasteiger partial charge on any atom is 0.0402 e. The second kappa shape index (κ2) is 29.4. The van der Waals surface area contributed by atoms with Gasteiger partial charge in [0.05, 0.1) is 0 Å². The van der Waals surface area contributed by atoms with Gasteiger partial charge in [-0.3, -0.25) is 0 Å². The summed E-state index contributed by atoms with van der Waals surface area (Å²) in [5.41, 5.74) is 0. The molecule has 0 aromatic carbocycles. The minimum Gasteiger partial charge on any atom is -0.397 e. The Hall–Kier alpha value is 0.540. The summed E-state index contributed by atoms with van der Waals surface area (Å²) in [6, 6.07) is 0. The van der Waals surface area contributed by atoms with Gasteiger partial charge in [0.15, 0.2) is 0 Å². The molecular weight excluding hydrogens is 207 g/mol. The van der Waals surface area contributed by atoms with Crippen LogP contribution < -0.4 is 0 Å². The fourth-order valence-electron chi connectivity index (χ4n) is 0.500. The van der Waals surface area contributed by atoms with Crippen molar-refractivity contribution < 1.29 is 5.11 Å². The fraction of sp³-hybridized carbons (Fsp3) is 1.00.